The molecule has 3 aromatic rings. The molecule has 2 aliphatic rings. The maximum Gasteiger partial charge on any atom is 0.410 e. The molecule has 1 aliphatic carbocycles. The fraction of sp³-hybridized carbons (Fsp3) is 0.321. The fourth-order valence-corrected chi connectivity index (χ4v) is 5.29. The molecule has 1 heterocycles. The predicted molar refractivity (Wildman–Crippen MR) is 132 cm³/mol. The Morgan fingerprint density at radius 1 is 0.886 bits per heavy atom. The molecule has 0 aromatic heterocycles. The molecule has 7 nitrogen and oxygen atoms in total. The van der Waals surface area contributed by atoms with Gasteiger partial charge < -0.3 is 28.6 Å². The summed E-state index contributed by atoms with van der Waals surface area (Å²) in [5.74, 6) is 2.55. The minimum atomic E-state index is -0.334. The van der Waals surface area contributed by atoms with Crippen LogP contribution in [0.15, 0.2) is 48.5 Å². The lowest BCUT2D eigenvalue weighted by molar-refractivity contribution is 0.100. The Kier molecular flexibility index (Phi) is 6.16. The molecule has 1 aliphatic heterocycles. The first-order chi connectivity index (χ1) is 17.1. The normalized spacial score (nSPS) is 15.5. The predicted octanol–water partition coefficient (Wildman–Crippen LogP) is 5.18. The van der Waals surface area contributed by atoms with Gasteiger partial charge in [-0.1, -0.05) is 36.4 Å². The number of amides is 1. The number of hydrogen-bond donors (Lipinski definition) is 0. The lowest BCUT2D eigenvalue weighted by atomic mass is 9.76. The van der Waals surface area contributed by atoms with Gasteiger partial charge in [-0.15, -0.1) is 0 Å². The number of rotatable bonds is 6. The summed E-state index contributed by atoms with van der Waals surface area (Å²) < 4.78 is 29.0. The van der Waals surface area contributed by atoms with Crippen LogP contribution < -0.4 is 18.9 Å². The van der Waals surface area contributed by atoms with E-state index in [9.17, 15) is 4.79 Å². The first kappa shape index (κ1) is 22.9. The molecule has 1 amide bonds. The van der Waals surface area contributed by atoms with Crippen molar-refractivity contribution in [1.82, 2.24) is 4.90 Å². The SMILES string of the molecule is COC(=O)N1CCc2cc(OC)c(OC)c3c2C1Cc1ccc(OC)c(OCc2ccccc2)c1-3. The van der Waals surface area contributed by atoms with Crippen LogP contribution in [-0.4, -0.2) is 46.0 Å². The summed E-state index contributed by atoms with van der Waals surface area (Å²) >= 11 is 0. The Balaban J connectivity index is 1.74. The van der Waals surface area contributed by atoms with E-state index < -0.39 is 0 Å². The van der Waals surface area contributed by atoms with Crippen LogP contribution in [0.1, 0.15) is 28.3 Å². The van der Waals surface area contributed by atoms with Gasteiger partial charge in [-0.05, 0) is 47.2 Å². The number of hydrogen-bond acceptors (Lipinski definition) is 6. The topological polar surface area (TPSA) is 66.5 Å². The first-order valence-corrected chi connectivity index (χ1v) is 11.6. The van der Waals surface area contributed by atoms with Crippen LogP contribution in [0, 0.1) is 0 Å². The van der Waals surface area contributed by atoms with Crippen molar-refractivity contribution in [2.75, 3.05) is 35.0 Å². The Hall–Kier alpha value is -3.87. The molecule has 0 saturated carbocycles. The zero-order valence-electron chi connectivity index (χ0n) is 20.4. The van der Waals surface area contributed by atoms with Crippen LogP contribution in [0.2, 0.25) is 0 Å². The van der Waals surface area contributed by atoms with Crippen LogP contribution in [0.5, 0.6) is 23.0 Å². The average Bonchev–Trinajstić information content (AvgIpc) is 2.91. The van der Waals surface area contributed by atoms with E-state index in [0.29, 0.717) is 49.0 Å². The van der Waals surface area contributed by atoms with Crippen molar-refractivity contribution in [2.24, 2.45) is 0 Å². The van der Waals surface area contributed by atoms with Crippen molar-refractivity contribution in [1.29, 1.82) is 0 Å². The monoisotopic (exact) mass is 475 g/mol. The largest absolute Gasteiger partial charge is 0.493 e. The number of benzene rings is 3. The van der Waals surface area contributed by atoms with Crippen molar-refractivity contribution < 1.29 is 28.5 Å². The summed E-state index contributed by atoms with van der Waals surface area (Å²) in [5, 5.41) is 0. The van der Waals surface area contributed by atoms with Gasteiger partial charge in [-0.3, -0.25) is 0 Å². The van der Waals surface area contributed by atoms with Crippen molar-refractivity contribution in [3.63, 3.8) is 0 Å². The number of carbonyl (C=O) groups excluding carboxylic acids is 1. The minimum Gasteiger partial charge on any atom is -0.493 e. The summed E-state index contributed by atoms with van der Waals surface area (Å²) in [6.45, 7) is 0.960. The fourth-order valence-electron chi connectivity index (χ4n) is 5.29. The number of nitrogens with zero attached hydrogens (tertiary/aromatic N) is 1. The van der Waals surface area contributed by atoms with Gasteiger partial charge >= 0.3 is 6.09 Å². The second kappa shape index (κ2) is 9.41. The molecule has 0 fully saturated rings. The standard InChI is InChI=1S/C28H29NO6/c1-31-21-11-10-18-14-20-23-19(12-13-29(20)28(30)34-4)15-22(32-2)26(33-3)25(23)24(18)27(21)35-16-17-8-6-5-7-9-17/h5-11,15,20H,12-14,16H2,1-4H3. The van der Waals surface area contributed by atoms with Gasteiger partial charge in [0.05, 0.1) is 34.5 Å². The Bertz CT molecular complexity index is 1260. The van der Waals surface area contributed by atoms with Gasteiger partial charge in [0, 0.05) is 17.7 Å². The highest BCUT2D eigenvalue weighted by Gasteiger charge is 2.41. The Morgan fingerprint density at radius 2 is 1.66 bits per heavy atom. The van der Waals surface area contributed by atoms with E-state index in [4.69, 9.17) is 23.7 Å². The Labute approximate surface area is 205 Å². The zero-order chi connectivity index (χ0) is 24.5. The summed E-state index contributed by atoms with van der Waals surface area (Å²) in [6, 6.07) is 15.8. The van der Waals surface area contributed by atoms with Crippen molar-refractivity contribution in [3.8, 4) is 34.1 Å². The quantitative estimate of drug-likeness (QED) is 0.490. The van der Waals surface area contributed by atoms with Gasteiger partial charge in [-0.2, -0.15) is 0 Å². The molecule has 35 heavy (non-hydrogen) atoms. The summed E-state index contributed by atoms with van der Waals surface area (Å²) in [4.78, 5) is 14.5. The summed E-state index contributed by atoms with van der Waals surface area (Å²) in [7, 11) is 6.33. The van der Waals surface area contributed by atoms with E-state index in [-0.39, 0.29) is 12.1 Å². The van der Waals surface area contributed by atoms with Gasteiger partial charge in [0.2, 0.25) is 0 Å². The molecule has 0 spiro atoms. The third kappa shape index (κ3) is 3.81. The van der Waals surface area contributed by atoms with E-state index in [1.165, 1.54) is 7.11 Å². The molecule has 182 valence electrons. The van der Waals surface area contributed by atoms with Gasteiger partial charge in [0.15, 0.2) is 23.0 Å². The van der Waals surface area contributed by atoms with E-state index >= 15 is 0 Å². The Morgan fingerprint density at radius 3 is 2.34 bits per heavy atom. The lowest BCUT2D eigenvalue weighted by Gasteiger charge is -2.41. The van der Waals surface area contributed by atoms with E-state index in [0.717, 1.165) is 33.4 Å². The summed E-state index contributed by atoms with van der Waals surface area (Å²) in [5.41, 5.74) is 6.06. The van der Waals surface area contributed by atoms with Crippen LogP contribution in [0.4, 0.5) is 4.79 Å². The van der Waals surface area contributed by atoms with Gasteiger partial charge in [0.1, 0.15) is 6.61 Å². The van der Waals surface area contributed by atoms with E-state index in [1.54, 1.807) is 26.2 Å². The molecular formula is C28H29NO6. The molecule has 3 aromatic carbocycles. The number of carbonyl (C=O) groups is 1. The number of fused-ring (bicyclic) bond motifs is 2. The molecule has 0 saturated heterocycles. The third-order valence-electron chi connectivity index (χ3n) is 6.85. The number of methoxy groups -OCH3 is 4. The maximum atomic E-state index is 12.7. The van der Waals surface area contributed by atoms with Gasteiger partial charge in [0.25, 0.3) is 0 Å². The van der Waals surface area contributed by atoms with E-state index in [2.05, 4.69) is 0 Å². The molecule has 1 atom stereocenters. The molecule has 0 bridgehead atoms. The first-order valence-electron chi connectivity index (χ1n) is 11.6. The lowest BCUT2D eigenvalue weighted by Crippen LogP contribution is -2.42. The third-order valence-corrected chi connectivity index (χ3v) is 6.85. The second-order valence-electron chi connectivity index (χ2n) is 8.60. The highest BCUT2D eigenvalue weighted by molar-refractivity contribution is 5.89. The molecule has 0 radical (unpaired) electrons. The van der Waals surface area contributed by atoms with Crippen molar-refractivity contribution >= 4 is 6.09 Å². The van der Waals surface area contributed by atoms with Crippen LogP contribution in [0.3, 0.4) is 0 Å². The smallest absolute Gasteiger partial charge is 0.410 e. The highest BCUT2D eigenvalue weighted by atomic mass is 16.5. The van der Waals surface area contributed by atoms with Crippen molar-refractivity contribution in [3.05, 3.63) is 70.8 Å². The number of ether oxygens (including phenoxy) is 5. The second-order valence-corrected chi connectivity index (χ2v) is 8.60. The molecule has 0 N–H and O–H groups in total. The maximum absolute atomic E-state index is 12.7. The minimum absolute atomic E-state index is 0.177. The molecule has 1 unspecified atom stereocenters. The zero-order valence-corrected chi connectivity index (χ0v) is 20.4. The van der Waals surface area contributed by atoms with E-state index in [1.807, 2.05) is 48.5 Å². The van der Waals surface area contributed by atoms with Crippen LogP contribution in [0.25, 0.3) is 11.1 Å². The van der Waals surface area contributed by atoms with Crippen LogP contribution in [-0.2, 0) is 24.2 Å². The summed E-state index contributed by atoms with van der Waals surface area (Å²) in [6.07, 6.45) is 0.984. The highest BCUT2D eigenvalue weighted by Crippen LogP contribution is 2.56. The van der Waals surface area contributed by atoms with Crippen molar-refractivity contribution in [2.45, 2.75) is 25.5 Å². The van der Waals surface area contributed by atoms with Crippen LogP contribution >= 0.6 is 0 Å². The van der Waals surface area contributed by atoms with Gasteiger partial charge in [-0.25, -0.2) is 4.79 Å². The average molecular weight is 476 g/mol. The molecule has 5 rings (SSSR count). The molecule has 7 heteroatoms. The molecular weight excluding hydrogens is 446 g/mol.